The third kappa shape index (κ3) is 8.71. The lowest BCUT2D eigenvalue weighted by atomic mass is 10.3. The molecule has 0 saturated carbocycles. The van der Waals surface area contributed by atoms with E-state index in [1.165, 1.54) is 0 Å². The predicted molar refractivity (Wildman–Crippen MR) is 94.5 cm³/mol. The van der Waals surface area contributed by atoms with Crippen molar-refractivity contribution in [3.05, 3.63) is 24.3 Å². The van der Waals surface area contributed by atoms with Crippen LogP contribution in [0.1, 0.15) is 13.8 Å². The minimum atomic E-state index is -0.284. The molecule has 3 amide bonds. The Morgan fingerprint density at radius 1 is 1.04 bits per heavy atom. The molecule has 1 aromatic rings. The second-order valence-corrected chi connectivity index (χ2v) is 6.09. The minimum absolute atomic E-state index is 0.0272. The summed E-state index contributed by atoms with van der Waals surface area (Å²) in [5, 5.41) is 7.98. The van der Waals surface area contributed by atoms with Crippen LogP contribution in [0.5, 0.6) is 5.75 Å². The van der Waals surface area contributed by atoms with E-state index >= 15 is 0 Å². The van der Waals surface area contributed by atoms with Gasteiger partial charge in [-0.25, -0.2) is 0 Å². The second kappa shape index (κ2) is 10.3. The molecule has 1 atom stereocenters. The number of quaternary nitrogens is 1. The molecule has 0 aliphatic rings. The van der Waals surface area contributed by atoms with Gasteiger partial charge in [0.2, 0.25) is 5.91 Å². The highest BCUT2D eigenvalue weighted by Gasteiger charge is 2.15. The number of ether oxygens (including phenoxy) is 1. The van der Waals surface area contributed by atoms with Gasteiger partial charge in [-0.05, 0) is 38.1 Å². The molecule has 1 aromatic carbocycles. The van der Waals surface area contributed by atoms with E-state index in [0.29, 0.717) is 16.3 Å². The quantitative estimate of drug-likeness (QED) is 0.448. The predicted octanol–water partition coefficient (Wildman–Crippen LogP) is -1.21. The van der Waals surface area contributed by atoms with Crippen LogP contribution in [-0.2, 0) is 14.4 Å². The van der Waals surface area contributed by atoms with Crippen LogP contribution < -0.4 is 25.6 Å². The smallest absolute Gasteiger partial charge is 0.279 e. The standard InChI is InChI=1S/C17H26N4O4/c1-12(2)19-15(22)9-18-16(23)10-21(3)11-17(24)20-13-5-7-14(25-4)8-6-13/h5-8,12H,9-11H2,1-4H3,(H,18,23)(H,19,22)(H,20,24)/p+1. The Hall–Kier alpha value is -2.61. The number of rotatable bonds is 9. The van der Waals surface area contributed by atoms with Crippen molar-refractivity contribution in [1.29, 1.82) is 0 Å². The number of carbonyl (C=O) groups is 3. The van der Waals surface area contributed by atoms with E-state index in [2.05, 4.69) is 16.0 Å². The van der Waals surface area contributed by atoms with Crippen LogP contribution in [0.4, 0.5) is 5.69 Å². The molecule has 0 aliphatic carbocycles. The fourth-order valence-electron chi connectivity index (χ4n) is 2.10. The number of carbonyl (C=O) groups excluding carboxylic acids is 3. The second-order valence-electron chi connectivity index (χ2n) is 6.09. The molecule has 1 unspecified atom stereocenters. The highest BCUT2D eigenvalue weighted by Crippen LogP contribution is 2.14. The number of likely N-dealkylation sites (N-methyl/N-ethyl adjacent to an activating group) is 1. The fraction of sp³-hybridized carbons (Fsp3) is 0.471. The van der Waals surface area contributed by atoms with E-state index in [9.17, 15) is 14.4 Å². The van der Waals surface area contributed by atoms with Crippen LogP contribution in [0.2, 0.25) is 0 Å². The van der Waals surface area contributed by atoms with Gasteiger partial charge in [-0.1, -0.05) is 0 Å². The van der Waals surface area contributed by atoms with Crippen LogP contribution in [0.3, 0.4) is 0 Å². The summed E-state index contributed by atoms with van der Waals surface area (Å²) in [6, 6.07) is 7.02. The van der Waals surface area contributed by atoms with Gasteiger partial charge in [0.05, 0.1) is 20.7 Å². The summed E-state index contributed by atoms with van der Waals surface area (Å²) in [5.41, 5.74) is 0.661. The first-order valence-electron chi connectivity index (χ1n) is 8.11. The normalized spacial score (nSPS) is 11.6. The Kier molecular flexibility index (Phi) is 8.42. The van der Waals surface area contributed by atoms with Crippen LogP contribution in [0, 0.1) is 0 Å². The molecule has 0 heterocycles. The van der Waals surface area contributed by atoms with E-state index in [0.717, 1.165) is 0 Å². The molecule has 25 heavy (non-hydrogen) atoms. The number of hydrogen-bond donors (Lipinski definition) is 4. The minimum Gasteiger partial charge on any atom is -0.497 e. The van der Waals surface area contributed by atoms with Gasteiger partial charge in [-0.3, -0.25) is 14.4 Å². The Morgan fingerprint density at radius 2 is 1.64 bits per heavy atom. The molecule has 0 aliphatic heterocycles. The molecule has 0 spiro atoms. The molecule has 0 saturated heterocycles. The first-order valence-corrected chi connectivity index (χ1v) is 8.11. The number of benzene rings is 1. The molecule has 8 nitrogen and oxygen atoms in total. The number of anilines is 1. The maximum atomic E-state index is 12.0. The average Bonchev–Trinajstić information content (AvgIpc) is 2.52. The summed E-state index contributed by atoms with van der Waals surface area (Å²) in [6.45, 7) is 3.86. The van der Waals surface area contributed by atoms with Gasteiger partial charge in [-0.2, -0.15) is 0 Å². The third-order valence-corrected chi connectivity index (χ3v) is 3.19. The maximum Gasteiger partial charge on any atom is 0.279 e. The topological polar surface area (TPSA) is 101 Å². The van der Waals surface area contributed by atoms with Crippen molar-refractivity contribution in [2.75, 3.05) is 39.1 Å². The highest BCUT2D eigenvalue weighted by molar-refractivity contribution is 5.91. The largest absolute Gasteiger partial charge is 0.497 e. The Morgan fingerprint density at radius 3 is 2.20 bits per heavy atom. The van der Waals surface area contributed by atoms with E-state index in [4.69, 9.17) is 4.74 Å². The molecule has 4 N–H and O–H groups in total. The molecular weight excluding hydrogens is 324 g/mol. The molecule has 8 heteroatoms. The third-order valence-electron chi connectivity index (χ3n) is 3.19. The van der Waals surface area contributed by atoms with Gasteiger partial charge < -0.3 is 25.6 Å². The molecule has 0 fully saturated rings. The molecule has 0 bridgehead atoms. The number of methoxy groups -OCH3 is 1. The number of nitrogens with one attached hydrogen (secondary N) is 4. The van der Waals surface area contributed by atoms with E-state index in [-0.39, 0.29) is 43.4 Å². The summed E-state index contributed by atoms with van der Waals surface area (Å²) in [4.78, 5) is 36.0. The summed E-state index contributed by atoms with van der Waals surface area (Å²) in [5.74, 6) is -0.0150. The lowest BCUT2D eigenvalue weighted by molar-refractivity contribution is -0.862. The number of amides is 3. The van der Waals surface area contributed by atoms with E-state index < -0.39 is 0 Å². The zero-order valence-electron chi connectivity index (χ0n) is 15.1. The van der Waals surface area contributed by atoms with Gasteiger partial charge in [0.25, 0.3) is 11.8 Å². The summed E-state index contributed by atoms with van der Waals surface area (Å²) >= 11 is 0. The summed E-state index contributed by atoms with van der Waals surface area (Å²) in [6.07, 6.45) is 0. The Balaban J connectivity index is 2.32. The Bertz CT molecular complexity index is 587. The van der Waals surface area contributed by atoms with Gasteiger partial charge in [0, 0.05) is 11.7 Å². The zero-order chi connectivity index (χ0) is 18.8. The molecule has 0 aromatic heterocycles. The molecule has 1 rings (SSSR count). The Labute approximate surface area is 147 Å². The molecule has 0 radical (unpaired) electrons. The van der Waals surface area contributed by atoms with E-state index in [1.54, 1.807) is 38.4 Å². The lowest BCUT2D eigenvalue weighted by Crippen LogP contribution is -3.11. The van der Waals surface area contributed by atoms with Crippen LogP contribution in [0.15, 0.2) is 24.3 Å². The van der Waals surface area contributed by atoms with Gasteiger partial charge >= 0.3 is 0 Å². The highest BCUT2D eigenvalue weighted by atomic mass is 16.5. The van der Waals surface area contributed by atoms with Crippen molar-refractivity contribution in [2.24, 2.45) is 0 Å². The molecular formula is C17H27N4O4+. The van der Waals surface area contributed by atoms with Crippen LogP contribution in [-0.4, -0.2) is 57.6 Å². The van der Waals surface area contributed by atoms with Crippen molar-refractivity contribution < 1.29 is 24.0 Å². The van der Waals surface area contributed by atoms with Crippen LogP contribution in [0.25, 0.3) is 0 Å². The van der Waals surface area contributed by atoms with Crippen molar-refractivity contribution in [3.8, 4) is 5.75 Å². The fourth-order valence-corrected chi connectivity index (χ4v) is 2.10. The van der Waals surface area contributed by atoms with Crippen molar-refractivity contribution in [2.45, 2.75) is 19.9 Å². The molecule has 138 valence electrons. The monoisotopic (exact) mass is 351 g/mol. The summed E-state index contributed by atoms with van der Waals surface area (Å²) in [7, 11) is 3.31. The number of hydrogen-bond acceptors (Lipinski definition) is 4. The zero-order valence-corrected chi connectivity index (χ0v) is 15.1. The van der Waals surface area contributed by atoms with Crippen LogP contribution >= 0.6 is 0 Å². The van der Waals surface area contributed by atoms with Gasteiger partial charge in [-0.15, -0.1) is 0 Å². The average molecular weight is 351 g/mol. The lowest BCUT2D eigenvalue weighted by Gasteiger charge is -2.14. The maximum absolute atomic E-state index is 12.0. The first kappa shape index (κ1) is 20.4. The van der Waals surface area contributed by atoms with Crippen molar-refractivity contribution >= 4 is 23.4 Å². The first-order chi connectivity index (χ1) is 11.8. The SMILES string of the molecule is COc1ccc(NC(=O)C[NH+](C)CC(=O)NCC(=O)NC(C)C)cc1. The summed E-state index contributed by atoms with van der Waals surface area (Å²) < 4.78 is 5.05. The van der Waals surface area contributed by atoms with Crippen molar-refractivity contribution in [3.63, 3.8) is 0 Å². The van der Waals surface area contributed by atoms with E-state index in [1.807, 2.05) is 13.8 Å². The van der Waals surface area contributed by atoms with Crippen molar-refractivity contribution in [1.82, 2.24) is 10.6 Å². The van der Waals surface area contributed by atoms with Gasteiger partial charge in [0.15, 0.2) is 13.1 Å². The van der Waals surface area contributed by atoms with Gasteiger partial charge in [0.1, 0.15) is 5.75 Å².